The maximum atomic E-state index is 11.3. The van der Waals surface area contributed by atoms with Crippen LogP contribution in [-0.2, 0) is 13.6 Å². The van der Waals surface area contributed by atoms with E-state index in [2.05, 4.69) is 6.92 Å². The van der Waals surface area contributed by atoms with Crippen molar-refractivity contribution in [2.24, 2.45) is 7.05 Å². The highest BCUT2D eigenvalue weighted by Gasteiger charge is 2.27. The molecule has 1 aromatic heterocycles. The van der Waals surface area contributed by atoms with Gasteiger partial charge in [-0.3, -0.25) is 0 Å². The number of aryl methyl sites for hydroxylation is 2. The number of aromatic carboxylic acids is 1. The minimum Gasteiger partial charge on any atom is -0.472 e. The van der Waals surface area contributed by atoms with Crippen LogP contribution in [0.2, 0.25) is 0 Å². The summed E-state index contributed by atoms with van der Waals surface area (Å²) in [5.41, 5.74) is 1.95. The Balaban J connectivity index is 2.67. The van der Waals surface area contributed by atoms with Crippen molar-refractivity contribution in [3.05, 3.63) is 30.1 Å². The second-order valence-electron chi connectivity index (χ2n) is 4.18. The molecule has 2 rings (SSSR count). The SMILES string of the molecule is CCCC[n+]1c(C(=O)O)n(C)c2ccccc21. The van der Waals surface area contributed by atoms with Crippen LogP contribution in [0.15, 0.2) is 24.3 Å². The Hall–Kier alpha value is -1.84. The summed E-state index contributed by atoms with van der Waals surface area (Å²) in [4.78, 5) is 11.3. The molecule has 0 aliphatic rings. The van der Waals surface area contributed by atoms with Gasteiger partial charge in [0, 0.05) is 0 Å². The maximum absolute atomic E-state index is 11.3. The number of benzene rings is 1. The number of carboxylic acids is 1. The molecule has 0 aliphatic heterocycles. The van der Waals surface area contributed by atoms with Gasteiger partial charge in [0.15, 0.2) is 11.0 Å². The molecule has 0 spiro atoms. The van der Waals surface area contributed by atoms with Crippen LogP contribution in [0.25, 0.3) is 11.0 Å². The third-order valence-corrected chi connectivity index (χ3v) is 3.03. The quantitative estimate of drug-likeness (QED) is 0.821. The van der Waals surface area contributed by atoms with Crippen molar-refractivity contribution in [3.63, 3.8) is 0 Å². The molecule has 0 aliphatic carbocycles. The minimum absolute atomic E-state index is 0.347. The molecule has 4 nitrogen and oxygen atoms in total. The molecule has 1 N–H and O–H groups in total. The molecule has 0 saturated heterocycles. The van der Waals surface area contributed by atoms with E-state index in [1.165, 1.54) is 0 Å². The number of rotatable bonds is 4. The van der Waals surface area contributed by atoms with Gasteiger partial charge in [-0.15, -0.1) is 0 Å². The summed E-state index contributed by atoms with van der Waals surface area (Å²) in [6.45, 7) is 2.85. The lowest BCUT2D eigenvalue weighted by Gasteiger charge is -1.98. The molecule has 2 aromatic rings. The molecule has 90 valence electrons. The highest BCUT2D eigenvalue weighted by Crippen LogP contribution is 2.13. The highest BCUT2D eigenvalue weighted by atomic mass is 16.4. The topological polar surface area (TPSA) is 46.1 Å². The zero-order valence-corrected chi connectivity index (χ0v) is 10.2. The van der Waals surface area contributed by atoms with Crippen LogP contribution < -0.4 is 4.57 Å². The van der Waals surface area contributed by atoms with Crippen molar-refractivity contribution in [1.29, 1.82) is 0 Å². The Morgan fingerprint density at radius 3 is 2.76 bits per heavy atom. The molecular formula is C13H17N2O2+. The van der Waals surface area contributed by atoms with Crippen molar-refractivity contribution in [2.75, 3.05) is 0 Å². The average molecular weight is 233 g/mol. The summed E-state index contributed by atoms with van der Waals surface area (Å²) in [6.07, 6.45) is 2.04. The monoisotopic (exact) mass is 233 g/mol. The average Bonchev–Trinajstić information content (AvgIpc) is 2.60. The first-order chi connectivity index (χ1) is 8.16. The molecule has 0 fully saturated rings. The third kappa shape index (κ3) is 1.90. The Kier molecular flexibility index (Phi) is 3.13. The Labute approximate surface area is 100 Å². The molecule has 0 unspecified atom stereocenters. The van der Waals surface area contributed by atoms with Crippen LogP contribution in [-0.4, -0.2) is 15.6 Å². The molecule has 1 heterocycles. The Morgan fingerprint density at radius 2 is 2.12 bits per heavy atom. The summed E-state index contributed by atoms with van der Waals surface area (Å²) in [7, 11) is 1.80. The van der Waals surface area contributed by atoms with Crippen LogP contribution >= 0.6 is 0 Å². The molecule has 4 heteroatoms. The Bertz CT molecular complexity index is 558. The first-order valence-corrected chi connectivity index (χ1v) is 5.87. The standard InChI is InChI=1S/C13H16N2O2/c1-3-4-9-15-11-8-6-5-7-10(11)14(2)12(15)13(16)17/h5-8H,3-4,9H2,1-2H3/p+1. The van der Waals surface area contributed by atoms with Gasteiger partial charge in [0.25, 0.3) is 0 Å². The Morgan fingerprint density at radius 1 is 1.41 bits per heavy atom. The summed E-state index contributed by atoms with van der Waals surface area (Å²) in [5, 5.41) is 9.31. The molecule has 0 atom stereocenters. The fourth-order valence-corrected chi connectivity index (χ4v) is 2.19. The smallest absolute Gasteiger partial charge is 0.419 e. The lowest BCUT2D eigenvalue weighted by atomic mass is 10.3. The number of fused-ring (bicyclic) bond motifs is 1. The number of carbonyl (C=O) groups is 1. The zero-order chi connectivity index (χ0) is 12.4. The molecule has 17 heavy (non-hydrogen) atoms. The second-order valence-corrected chi connectivity index (χ2v) is 4.18. The molecular weight excluding hydrogens is 216 g/mol. The molecule has 0 saturated carbocycles. The van der Waals surface area contributed by atoms with Gasteiger partial charge in [0.05, 0.1) is 13.6 Å². The molecule has 0 bridgehead atoms. The van der Waals surface area contributed by atoms with E-state index in [-0.39, 0.29) is 0 Å². The first-order valence-electron chi connectivity index (χ1n) is 5.87. The van der Waals surface area contributed by atoms with Crippen LogP contribution in [0.5, 0.6) is 0 Å². The van der Waals surface area contributed by atoms with E-state index in [0.717, 1.165) is 30.4 Å². The number of imidazole rings is 1. The molecule has 0 radical (unpaired) electrons. The van der Waals surface area contributed by atoms with Gasteiger partial charge in [-0.1, -0.05) is 25.5 Å². The van der Waals surface area contributed by atoms with Crippen LogP contribution in [0, 0.1) is 0 Å². The fraction of sp³-hybridized carbons (Fsp3) is 0.385. The van der Waals surface area contributed by atoms with Gasteiger partial charge < -0.3 is 5.11 Å². The number of carboxylic acid groups (broad SMARTS) is 1. The number of nitrogens with zero attached hydrogens (tertiary/aromatic N) is 2. The van der Waals surface area contributed by atoms with E-state index in [4.69, 9.17) is 0 Å². The van der Waals surface area contributed by atoms with Gasteiger partial charge in [-0.25, -0.2) is 13.9 Å². The van der Waals surface area contributed by atoms with Crippen molar-refractivity contribution in [2.45, 2.75) is 26.3 Å². The van der Waals surface area contributed by atoms with Gasteiger partial charge >= 0.3 is 11.8 Å². The maximum Gasteiger partial charge on any atom is 0.419 e. The van der Waals surface area contributed by atoms with Crippen LogP contribution in [0.4, 0.5) is 0 Å². The van der Waals surface area contributed by atoms with Gasteiger partial charge in [-0.2, -0.15) is 0 Å². The summed E-state index contributed by atoms with van der Waals surface area (Å²) in [5.74, 6) is -0.528. The summed E-state index contributed by atoms with van der Waals surface area (Å²) < 4.78 is 3.63. The largest absolute Gasteiger partial charge is 0.472 e. The predicted molar refractivity (Wildman–Crippen MR) is 65.0 cm³/mol. The third-order valence-electron chi connectivity index (χ3n) is 3.03. The van der Waals surface area contributed by atoms with Gasteiger partial charge in [0.2, 0.25) is 0 Å². The number of hydrogen-bond acceptors (Lipinski definition) is 1. The van der Waals surface area contributed by atoms with Crippen molar-refractivity contribution >= 4 is 17.0 Å². The predicted octanol–water partition coefficient (Wildman–Crippen LogP) is 1.96. The van der Waals surface area contributed by atoms with Gasteiger partial charge in [-0.05, 0) is 18.6 Å². The second kappa shape index (κ2) is 4.57. The zero-order valence-electron chi connectivity index (χ0n) is 10.2. The van der Waals surface area contributed by atoms with E-state index in [1.807, 2.05) is 28.8 Å². The van der Waals surface area contributed by atoms with E-state index in [0.29, 0.717) is 5.82 Å². The van der Waals surface area contributed by atoms with Crippen molar-refractivity contribution < 1.29 is 14.5 Å². The van der Waals surface area contributed by atoms with Crippen LogP contribution in [0.3, 0.4) is 0 Å². The number of aromatic nitrogens is 2. The number of unbranched alkanes of at least 4 members (excludes halogenated alkanes) is 1. The lowest BCUT2D eigenvalue weighted by Crippen LogP contribution is -2.40. The van der Waals surface area contributed by atoms with Gasteiger partial charge in [0.1, 0.15) is 0 Å². The number of hydrogen-bond donors (Lipinski definition) is 1. The van der Waals surface area contributed by atoms with Crippen molar-refractivity contribution in [3.8, 4) is 0 Å². The summed E-state index contributed by atoms with van der Waals surface area (Å²) in [6, 6.07) is 7.79. The lowest BCUT2D eigenvalue weighted by molar-refractivity contribution is -0.675. The first kappa shape index (κ1) is 11.6. The molecule has 1 aromatic carbocycles. The van der Waals surface area contributed by atoms with Crippen molar-refractivity contribution in [1.82, 2.24) is 4.57 Å². The van der Waals surface area contributed by atoms with E-state index in [9.17, 15) is 9.90 Å². The minimum atomic E-state index is -0.875. The van der Waals surface area contributed by atoms with E-state index < -0.39 is 5.97 Å². The van der Waals surface area contributed by atoms with E-state index >= 15 is 0 Å². The van der Waals surface area contributed by atoms with E-state index in [1.54, 1.807) is 11.6 Å². The molecule has 0 amide bonds. The highest BCUT2D eigenvalue weighted by molar-refractivity contribution is 5.86. The summed E-state index contributed by atoms with van der Waals surface area (Å²) >= 11 is 0. The fourth-order valence-electron chi connectivity index (χ4n) is 2.19. The number of para-hydroxylation sites is 2. The normalized spacial score (nSPS) is 10.9. The van der Waals surface area contributed by atoms with Crippen LogP contribution in [0.1, 0.15) is 30.4 Å².